The van der Waals surface area contributed by atoms with E-state index in [-0.39, 0.29) is 24.0 Å². The Labute approximate surface area is 150 Å². The summed E-state index contributed by atoms with van der Waals surface area (Å²) in [6.45, 7) is 7.79. The Bertz CT molecular complexity index is 306. The van der Waals surface area contributed by atoms with Gasteiger partial charge in [-0.05, 0) is 32.6 Å². The summed E-state index contributed by atoms with van der Waals surface area (Å²) in [6.07, 6.45) is 4.88. The zero-order valence-corrected chi connectivity index (χ0v) is 15.8. The Balaban J connectivity index is 0.00000242. The number of aliphatic imine (C=N–C) groups is 1. The molecule has 0 aliphatic carbocycles. The number of ether oxygens (including phenoxy) is 3. The fourth-order valence-electron chi connectivity index (χ4n) is 2.50. The van der Waals surface area contributed by atoms with Gasteiger partial charge in [0.2, 0.25) is 0 Å². The molecule has 0 bridgehead atoms. The van der Waals surface area contributed by atoms with Crippen LogP contribution in [0.1, 0.15) is 32.6 Å². The molecule has 2 heterocycles. The Morgan fingerprint density at radius 2 is 2.18 bits per heavy atom. The zero-order chi connectivity index (χ0) is 14.8. The van der Waals surface area contributed by atoms with Crippen LogP contribution in [0.5, 0.6) is 0 Å². The van der Waals surface area contributed by atoms with Gasteiger partial charge in [0.1, 0.15) is 0 Å². The first-order valence-corrected chi connectivity index (χ1v) is 8.21. The van der Waals surface area contributed by atoms with Crippen LogP contribution in [0.3, 0.4) is 0 Å². The molecule has 0 aromatic carbocycles. The summed E-state index contributed by atoms with van der Waals surface area (Å²) >= 11 is 0. The molecule has 0 aromatic rings. The van der Waals surface area contributed by atoms with E-state index in [1.807, 2.05) is 0 Å². The Morgan fingerprint density at radius 3 is 2.86 bits per heavy atom. The number of hydrogen-bond acceptors (Lipinski definition) is 4. The summed E-state index contributed by atoms with van der Waals surface area (Å²) < 4.78 is 16.6. The second-order valence-corrected chi connectivity index (χ2v) is 5.49. The smallest absolute Gasteiger partial charge is 0.191 e. The van der Waals surface area contributed by atoms with Crippen LogP contribution in [0.4, 0.5) is 0 Å². The molecule has 0 amide bonds. The van der Waals surface area contributed by atoms with E-state index in [2.05, 4.69) is 22.5 Å². The fraction of sp³-hybridized carbons (Fsp3) is 0.933. The van der Waals surface area contributed by atoms with Gasteiger partial charge in [-0.3, -0.25) is 4.99 Å². The quantitative estimate of drug-likeness (QED) is 0.266. The maximum Gasteiger partial charge on any atom is 0.191 e. The second kappa shape index (κ2) is 12.3. The normalized spacial score (nSPS) is 25.0. The first-order chi connectivity index (χ1) is 10.4. The zero-order valence-electron chi connectivity index (χ0n) is 13.5. The van der Waals surface area contributed by atoms with Crippen LogP contribution in [0.15, 0.2) is 4.99 Å². The highest BCUT2D eigenvalue weighted by Gasteiger charge is 2.16. The van der Waals surface area contributed by atoms with E-state index in [1.165, 1.54) is 0 Å². The van der Waals surface area contributed by atoms with Crippen LogP contribution in [0.25, 0.3) is 0 Å². The Hall–Kier alpha value is -0.120. The highest BCUT2D eigenvalue weighted by molar-refractivity contribution is 14.0. The predicted octanol–water partition coefficient (Wildman–Crippen LogP) is 1.53. The van der Waals surface area contributed by atoms with Gasteiger partial charge in [0, 0.05) is 32.9 Å². The van der Waals surface area contributed by atoms with Gasteiger partial charge in [-0.1, -0.05) is 0 Å². The number of hydrogen-bond donors (Lipinski definition) is 2. The largest absolute Gasteiger partial charge is 0.379 e. The molecular weight excluding hydrogens is 397 g/mol. The van der Waals surface area contributed by atoms with Crippen molar-refractivity contribution in [2.24, 2.45) is 4.99 Å². The molecule has 0 saturated carbocycles. The van der Waals surface area contributed by atoms with Crippen LogP contribution in [-0.2, 0) is 14.2 Å². The van der Waals surface area contributed by atoms with Crippen molar-refractivity contribution in [2.45, 2.75) is 44.8 Å². The van der Waals surface area contributed by atoms with Crippen molar-refractivity contribution in [3.8, 4) is 0 Å². The van der Waals surface area contributed by atoms with E-state index in [1.54, 1.807) is 0 Å². The van der Waals surface area contributed by atoms with Gasteiger partial charge in [-0.2, -0.15) is 0 Å². The third-order valence-corrected chi connectivity index (χ3v) is 3.68. The number of halogens is 1. The van der Waals surface area contributed by atoms with Crippen molar-refractivity contribution in [1.82, 2.24) is 10.6 Å². The maximum absolute atomic E-state index is 5.74. The molecule has 2 aliphatic rings. The van der Waals surface area contributed by atoms with Gasteiger partial charge in [0.15, 0.2) is 5.96 Å². The van der Waals surface area contributed by atoms with Gasteiger partial charge in [0.05, 0.1) is 25.4 Å². The first-order valence-electron chi connectivity index (χ1n) is 8.21. The SMILES string of the molecule is CCNC(=NCC1CCCO1)NCCCOC1CCOC1.I. The lowest BCUT2D eigenvalue weighted by Gasteiger charge is -2.14. The number of rotatable bonds is 8. The van der Waals surface area contributed by atoms with Crippen molar-refractivity contribution in [3.63, 3.8) is 0 Å². The van der Waals surface area contributed by atoms with Gasteiger partial charge < -0.3 is 24.8 Å². The minimum absolute atomic E-state index is 0. The molecule has 2 atom stereocenters. The topological polar surface area (TPSA) is 64.1 Å². The molecule has 2 rings (SSSR count). The molecule has 2 fully saturated rings. The summed E-state index contributed by atoms with van der Waals surface area (Å²) in [5, 5.41) is 6.60. The van der Waals surface area contributed by atoms with Crippen LogP contribution in [0, 0.1) is 0 Å². The Morgan fingerprint density at radius 1 is 1.27 bits per heavy atom. The van der Waals surface area contributed by atoms with Crippen molar-refractivity contribution in [3.05, 3.63) is 0 Å². The number of nitrogens with one attached hydrogen (secondary N) is 2. The van der Waals surface area contributed by atoms with E-state index in [0.29, 0.717) is 12.2 Å². The summed E-state index contributed by atoms with van der Waals surface area (Å²) in [6, 6.07) is 0. The summed E-state index contributed by atoms with van der Waals surface area (Å²) in [7, 11) is 0. The lowest BCUT2D eigenvalue weighted by molar-refractivity contribution is 0.0420. The van der Waals surface area contributed by atoms with E-state index in [4.69, 9.17) is 14.2 Å². The highest BCUT2D eigenvalue weighted by atomic mass is 127. The van der Waals surface area contributed by atoms with Gasteiger partial charge >= 0.3 is 0 Å². The minimum Gasteiger partial charge on any atom is -0.379 e. The van der Waals surface area contributed by atoms with Crippen LogP contribution in [-0.4, -0.2) is 64.2 Å². The molecule has 130 valence electrons. The number of guanidine groups is 1. The standard InChI is InChI=1S/C15H29N3O3.HI/c1-2-16-15(18-11-13-5-3-8-20-13)17-7-4-9-21-14-6-10-19-12-14;/h13-14H,2-12H2,1H3,(H2,16,17,18);1H. The third kappa shape index (κ3) is 7.94. The lowest BCUT2D eigenvalue weighted by atomic mass is 10.2. The average Bonchev–Trinajstić information content (AvgIpc) is 3.17. The van der Waals surface area contributed by atoms with Gasteiger partial charge in [-0.25, -0.2) is 0 Å². The van der Waals surface area contributed by atoms with Crippen molar-refractivity contribution >= 4 is 29.9 Å². The molecule has 2 saturated heterocycles. The van der Waals surface area contributed by atoms with Crippen molar-refractivity contribution < 1.29 is 14.2 Å². The Kier molecular flexibility index (Phi) is 11.2. The molecule has 2 unspecified atom stereocenters. The molecule has 7 heteroatoms. The molecule has 0 radical (unpaired) electrons. The summed E-state index contributed by atoms with van der Waals surface area (Å²) in [4.78, 5) is 4.58. The minimum atomic E-state index is 0. The fourth-order valence-corrected chi connectivity index (χ4v) is 2.50. The first kappa shape index (κ1) is 19.9. The van der Waals surface area contributed by atoms with E-state index < -0.39 is 0 Å². The molecule has 0 spiro atoms. The van der Waals surface area contributed by atoms with E-state index >= 15 is 0 Å². The maximum atomic E-state index is 5.74. The third-order valence-electron chi connectivity index (χ3n) is 3.68. The van der Waals surface area contributed by atoms with Gasteiger partial charge in [-0.15, -0.1) is 24.0 Å². The van der Waals surface area contributed by atoms with Crippen LogP contribution < -0.4 is 10.6 Å². The molecule has 6 nitrogen and oxygen atoms in total. The van der Waals surface area contributed by atoms with Crippen molar-refractivity contribution in [2.75, 3.05) is 46.1 Å². The molecular formula is C15H30IN3O3. The summed E-state index contributed by atoms with van der Waals surface area (Å²) in [5.74, 6) is 0.872. The van der Waals surface area contributed by atoms with Crippen LogP contribution in [0.2, 0.25) is 0 Å². The van der Waals surface area contributed by atoms with E-state index in [9.17, 15) is 0 Å². The summed E-state index contributed by atoms with van der Waals surface area (Å²) in [5.41, 5.74) is 0. The van der Waals surface area contributed by atoms with Crippen LogP contribution >= 0.6 is 24.0 Å². The van der Waals surface area contributed by atoms with Crippen molar-refractivity contribution in [1.29, 1.82) is 0 Å². The van der Waals surface area contributed by atoms with Gasteiger partial charge in [0.25, 0.3) is 0 Å². The molecule has 2 aliphatic heterocycles. The van der Waals surface area contributed by atoms with E-state index in [0.717, 1.165) is 77.7 Å². The molecule has 2 N–H and O–H groups in total. The average molecular weight is 427 g/mol. The highest BCUT2D eigenvalue weighted by Crippen LogP contribution is 2.11. The lowest BCUT2D eigenvalue weighted by Crippen LogP contribution is -2.38. The number of nitrogens with zero attached hydrogens (tertiary/aromatic N) is 1. The second-order valence-electron chi connectivity index (χ2n) is 5.49. The molecule has 22 heavy (non-hydrogen) atoms. The molecule has 0 aromatic heterocycles. The predicted molar refractivity (Wildman–Crippen MR) is 98.2 cm³/mol. The monoisotopic (exact) mass is 427 g/mol.